The van der Waals surface area contributed by atoms with Gasteiger partial charge in [-0.3, -0.25) is 0 Å². The molecule has 0 heterocycles. The highest BCUT2D eigenvalue weighted by Crippen LogP contribution is 2.33. The molecule has 0 bridgehead atoms. The number of unbranched alkanes of at least 4 members (excludes halogenated alkanes) is 1. The maximum absolute atomic E-state index is 13.1. The topological polar surface area (TPSA) is 12.0 Å². The Morgan fingerprint density at radius 3 is 2.15 bits per heavy atom. The summed E-state index contributed by atoms with van der Waals surface area (Å²) >= 11 is 0. The van der Waals surface area contributed by atoms with E-state index in [2.05, 4.69) is 39.9 Å². The monoisotopic (exact) mass is 279 g/mol. The standard InChI is InChI=1S/C18H30FN/c1-6-8-9-16(7-2)20-17(18(3,4)5)14-10-12-15(19)13-11-14/h10-13,16-17,20H,6-9H2,1-5H3. The van der Waals surface area contributed by atoms with Crippen LogP contribution in [0.15, 0.2) is 24.3 Å². The predicted molar refractivity (Wildman–Crippen MR) is 85.3 cm³/mol. The number of hydrogen-bond donors (Lipinski definition) is 1. The first-order valence-electron chi connectivity index (χ1n) is 7.90. The van der Waals surface area contributed by atoms with Crippen LogP contribution in [0.1, 0.15) is 71.9 Å². The number of nitrogens with one attached hydrogen (secondary N) is 1. The average molecular weight is 279 g/mol. The van der Waals surface area contributed by atoms with Crippen molar-refractivity contribution in [2.75, 3.05) is 0 Å². The first-order chi connectivity index (χ1) is 9.38. The normalized spacial score (nSPS) is 15.1. The highest BCUT2D eigenvalue weighted by Gasteiger charge is 2.27. The summed E-state index contributed by atoms with van der Waals surface area (Å²) in [6, 6.07) is 7.72. The van der Waals surface area contributed by atoms with Crippen LogP contribution in [0, 0.1) is 11.2 Å². The minimum Gasteiger partial charge on any atom is -0.307 e. The van der Waals surface area contributed by atoms with E-state index >= 15 is 0 Å². The number of rotatable bonds is 7. The van der Waals surface area contributed by atoms with Crippen LogP contribution in [-0.2, 0) is 0 Å². The third kappa shape index (κ3) is 5.24. The first-order valence-corrected chi connectivity index (χ1v) is 7.90. The fourth-order valence-corrected chi connectivity index (χ4v) is 2.59. The fraction of sp³-hybridized carbons (Fsp3) is 0.667. The zero-order valence-electron chi connectivity index (χ0n) is 13.7. The summed E-state index contributed by atoms with van der Waals surface area (Å²) < 4.78 is 13.1. The van der Waals surface area contributed by atoms with Gasteiger partial charge in [0.25, 0.3) is 0 Å². The van der Waals surface area contributed by atoms with Crippen molar-refractivity contribution in [2.45, 2.75) is 72.4 Å². The third-order valence-corrected chi connectivity index (χ3v) is 3.87. The van der Waals surface area contributed by atoms with Crippen LogP contribution < -0.4 is 5.32 Å². The highest BCUT2D eigenvalue weighted by atomic mass is 19.1. The molecule has 0 radical (unpaired) electrons. The molecule has 0 spiro atoms. The van der Waals surface area contributed by atoms with Crippen LogP contribution in [-0.4, -0.2) is 6.04 Å². The van der Waals surface area contributed by atoms with Gasteiger partial charge in [0.1, 0.15) is 5.82 Å². The summed E-state index contributed by atoms with van der Waals surface area (Å²) in [5.74, 6) is -0.167. The minimum atomic E-state index is -0.167. The van der Waals surface area contributed by atoms with E-state index in [0.29, 0.717) is 6.04 Å². The van der Waals surface area contributed by atoms with Crippen molar-refractivity contribution in [3.8, 4) is 0 Å². The molecule has 1 nitrogen and oxygen atoms in total. The molecule has 1 rings (SSSR count). The zero-order chi connectivity index (χ0) is 15.2. The highest BCUT2D eigenvalue weighted by molar-refractivity contribution is 5.21. The molecule has 0 saturated carbocycles. The van der Waals surface area contributed by atoms with Gasteiger partial charge in [-0.25, -0.2) is 4.39 Å². The second kappa shape index (κ2) is 7.78. The van der Waals surface area contributed by atoms with Crippen molar-refractivity contribution in [3.05, 3.63) is 35.6 Å². The maximum Gasteiger partial charge on any atom is 0.123 e. The summed E-state index contributed by atoms with van der Waals surface area (Å²) in [6.45, 7) is 11.2. The number of hydrogen-bond acceptors (Lipinski definition) is 1. The molecule has 0 saturated heterocycles. The molecular formula is C18H30FN. The summed E-state index contributed by atoms with van der Waals surface area (Å²) in [4.78, 5) is 0. The lowest BCUT2D eigenvalue weighted by Gasteiger charge is -2.35. The summed E-state index contributed by atoms with van der Waals surface area (Å²) in [6.07, 6.45) is 4.83. The predicted octanol–water partition coefficient (Wildman–Crippen LogP) is 5.47. The Morgan fingerprint density at radius 2 is 1.70 bits per heavy atom. The molecule has 0 aliphatic carbocycles. The van der Waals surface area contributed by atoms with E-state index in [4.69, 9.17) is 0 Å². The van der Waals surface area contributed by atoms with Crippen molar-refractivity contribution < 1.29 is 4.39 Å². The van der Waals surface area contributed by atoms with Gasteiger partial charge in [0.2, 0.25) is 0 Å². The molecule has 0 aliphatic heterocycles. The van der Waals surface area contributed by atoms with Crippen LogP contribution in [0.4, 0.5) is 4.39 Å². The second-order valence-electron chi connectivity index (χ2n) is 6.76. The van der Waals surface area contributed by atoms with Crippen LogP contribution in [0.2, 0.25) is 0 Å². The SMILES string of the molecule is CCCCC(CC)NC(c1ccc(F)cc1)C(C)(C)C. The Morgan fingerprint density at radius 1 is 1.10 bits per heavy atom. The Hall–Kier alpha value is -0.890. The molecule has 2 heteroatoms. The van der Waals surface area contributed by atoms with E-state index < -0.39 is 0 Å². The van der Waals surface area contributed by atoms with E-state index in [1.807, 2.05) is 12.1 Å². The van der Waals surface area contributed by atoms with Crippen molar-refractivity contribution in [1.29, 1.82) is 0 Å². The third-order valence-electron chi connectivity index (χ3n) is 3.87. The van der Waals surface area contributed by atoms with Gasteiger partial charge in [0.05, 0.1) is 0 Å². The molecule has 114 valence electrons. The number of halogens is 1. The van der Waals surface area contributed by atoms with E-state index in [0.717, 1.165) is 6.42 Å². The molecule has 0 amide bonds. The Balaban J connectivity index is 2.87. The van der Waals surface area contributed by atoms with Gasteiger partial charge >= 0.3 is 0 Å². The minimum absolute atomic E-state index is 0.109. The molecule has 0 aromatic heterocycles. The van der Waals surface area contributed by atoms with E-state index in [9.17, 15) is 4.39 Å². The van der Waals surface area contributed by atoms with E-state index in [1.54, 1.807) is 12.1 Å². The second-order valence-corrected chi connectivity index (χ2v) is 6.76. The molecule has 20 heavy (non-hydrogen) atoms. The van der Waals surface area contributed by atoms with Crippen molar-refractivity contribution in [1.82, 2.24) is 5.32 Å². The van der Waals surface area contributed by atoms with Crippen LogP contribution >= 0.6 is 0 Å². The van der Waals surface area contributed by atoms with Crippen molar-refractivity contribution >= 4 is 0 Å². The molecular weight excluding hydrogens is 249 g/mol. The quantitative estimate of drug-likeness (QED) is 0.697. The van der Waals surface area contributed by atoms with Gasteiger partial charge < -0.3 is 5.32 Å². The lowest BCUT2D eigenvalue weighted by atomic mass is 9.81. The van der Waals surface area contributed by atoms with E-state index in [1.165, 1.54) is 24.8 Å². The zero-order valence-corrected chi connectivity index (χ0v) is 13.7. The average Bonchev–Trinajstić information content (AvgIpc) is 2.39. The van der Waals surface area contributed by atoms with E-state index in [-0.39, 0.29) is 17.3 Å². The Bertz CT molecular complexity index is 377. The molecule has 2 atom stereocenters. The molecule has 2 unspecified atom stereocenters. The molecule has 0 fully saturated rings. The smallest absolute Gasteiger partial charge is 0.123 e. The summed E-state index contributed by atoms with van der Waals surface area (Å²) in [5, 5.41) is 3.79. The summed E-state index contributed by atoms with van der Waals surface area (Å²) in [7, 11) is 0. The van der Waals surface area contributed by atoms with Gasteiger partial charge in [0.15, 0.2) is 0 Å². The largest absolute Gasteiger partial charge is 0.307 e. The lowest BCUT2D eigenvalue weighted by molar-refractivity contribution is 0.240. The molecule has 1 aromatic rings. The fourth-order valence-electron chi connectivity index (χ4n) is 2.59. The molecule has 1 aromatic carbocycles. The van der Waals surface area contributed by atoms with Gasteiger partial charge in [-0.15, -0.1) is 0 Å². The molecule has 0 aliphatic rings. The van der Waals surface area contributed by atoms with Crippen LogP contribution in [0.25, 0.3) is 0 Å². The molecule has 1 N–H and O–H groups in total. The lowest BCUT2D eigenvalue weighted by Crippen LogP contribution is -2.39. The van der Waals surface area contributed by atoms with Crippen LogP contribution in [0.3, 0.4) is 0 Å². The van der Waals surface area contributed by atoms with Crippen molar-refractivity contribution in [2.24, 2.45) is 5.41 Å². The Labute approximate surface area is 124 Å². The van der Waals surface area contributed by atoms with Gasteiger partial charge in [0, 0.05) is 12.1 Å². The van der Waals surface area contributed by atoms with Crippen LogP contribution in [0.5, 0.6) is 0 Å². The first kappa shape index (κ1) is 17.2. The van der Waals surface area contributed by atoms with Crippen molar-refractivity contribution in [3.63, 3.8) is 0 Å². The summed E-state index contributed by atoms with van der Waals surface area (Å²) in [5.41, 5.74) is 1.28. The Kier molecular flexibility index (Phi) is 6.67. The van der Waals surface area contributed by atoms with Gasteiger partial charge in [-0.2, -0.15) is 0 Å². The van der Waals surface area contributed by atoms with Gasteiger partial charge in [-0.05, 0) is 36.0 Å². The maximum atomic E-state index is 13.1. The van der Waals surface area contributed by atoms with Gasteiger partial charge in [-0.1, -0.05) is 59.6 Å². The number of benzene rings is 1.